The van der Waals surface area contributed by atoms with Gasteiger partial charge in [-0.2, -0.15) is 0 Å². The standard InChI is InChI=1S/C16H24N2O2.ClH/c1-2-12-18(15-8-10-17-11-9-15)16(19)20-13-14-6-4-3-5-7-14;/h3-7,15,17H,2,8-13H2,1H3;1H. The fraction of sp³-hybridized carbons (Fsp3) is 0.562. The van der Waals surface area contributed by atoms with Crippen LogP contribution in [0.1, 0.15) is 31.7 Å². The van der Waals surface area contributed by atoms with Crippen LogP contribution in [0.15, 0.2) is 30.3 Å². The summed E-state index contributed by atoms with van der Waals surface area (Å²) in [5.74, 6) is 0. The van der Waals surface area contributed by atoms with Gasteiger partial charge in [-0.05, 0) is 37.9 Å². The zero-order valence-corrected chi connectivity index (χ0v) is 13.4. The maximum absolute atomic E-state index is 12.3. The Hall–Kier alpha value is -1.26. The summed E-state index contributed by atoms with van der Waals surface area (Å²) in [4.78, 5) is 14.2. The SMILES string of the molecule is CCCN(C(=O)OCc1ccccc1)C1CCNCC1.Cl. The Bertz CT molecular complexity index is 408. The fourth-order valence-electron chi connectivity index (χ4n) is 2.58. The number of halogens is 1. The van der Waals surface area contributed by atoms with E-state index < -0.39 is 0 Å². The van der Waals surface area contributed by atoms with Crippen molar-refractivity contribution >= 4 is 18.5 Å². The molecule has 5 heteroatoms. The number of nitrogens with zero attached hydrogens (tertiary/aromatic N) is 1. The lowest BCUT2D eigenvalue weighted by Crippen LogP contribution is -2.46. The Morgan fingerprint density at radius 3 is 2.57 bits per heavy atom. The summed E-state index contributed by atoms with van der Waals surface area (Å²) in [5.41, 5.74) is 1.03. The largest absolute Gasteiger partial charge is 0.445 e. The molecule has 1 aliphatic rings. The third-order valence-corrected chi connectivity index (χ3v) is 3.65. The van der Waals surface area contributed by atoms with Crippen molar-refractivity contribution in [2.24, 2.45) is 0 Å². The molecule has 4 nitrogen and oxygen atoms in total. The minimum Gasteiger partial charge on any atom is -0.445 e. The molecule has 1 aromatic rings. The van der Waals surface area contributed by atoms with E-state index in [1.165, 1.54) is 0 Å². The van der Waals surface area contributed by atoms with Gasteiger partial charge in [-0.15, -0.1) is 12.4 Å². The van der Waals surface area contributed by atoms with Crippen molar-refractivity contribution in [3.8, 4) is 0 Å². The molecule has 0 bridgehead atoms. The van der Waals surface area contributed by atoms with Crippen molar-refractivity contribution in [1.82, 2.24) is 10.2 Å². The monoisotopic (exact) mass is 312 g/mol. The van der Waals surface area contributed by atoms with Crippen molar-refractivity contribution in [1.29, 1.82) is 0 Å². The zero-order chi connectivity index (χ0) is 14.2. The number of carbonyl (C=O) groups excluding carboxylic acids is 1. The van der Waals surface area contributed by atoms with E-state index >= 15 is 0 Å². The van der Waals surface area contributed by atoms with Gasteiger partial charge in [0.1, 0.15) is 6.61 Å². The molecule has 1 fully saturated rings. The first-order valence-corrected chi connectivity index (χ1v) is 7.49. The van der Waals surface area contributed by atoms with E-state index in [9.17, 15) is 4.79 Å². The molecule has 1 aliphatic heterocycles. The van der Waals surface area contributed by atoms with Crippen molar-refractivity contribution in [2.75, 3.05) is 19.6 Å². The second-order valence-electron chi connectivity index (χ2n) is 5.21. The molecule has 2 rings (SSSR count). The first-order valence-electron chi connectivity index (χ1n) is 7.49. The molecule has 1 amide bonds. The van der Waals surface area contributed by atoms with Gasteiger partial charge < -0.3 is 15.0 Å². The first kappa shape index (κ1) is 17.8. The smallest absolute Gasteiger partial charge is 0.410 e. The predicted molar refractivity (Wildman–Crippen MR) is 86.8 cm³/mol. The van der Waals surface area contributed by atoms with Crippen LogP contribution >= 0.6 is 12.4 Å². The molecule has 118 valence electrons. The molecule has 1 saturated heterocycles. The third-order valence-electron chi connectivity index (χ3n) is 3.65. The van der Waals surface area contributed by atoms with Crippen LogP contribution in [0, 0.1) is 0 Å². The lowest BCUT2D eigenvalue weighted by molar-refractivity contribution is 0.0734. The molecule has 1 aromatic carbocycles. The maximum Gasteiger partial charge on any atom is 0.410 e. The van der Waals surface area contributed by atoms with Gasteiger partial charge in [-0.3, -0.25) is 0 Å². The molecule has 1 heterocycles. The van der Waals surface area contributed by atoms with Crippen molar-refractivity contribution < 1.29 is 9.53 Å². The number of benzene rings is 1. The summed E-state index contributed by atoms with van der Waals surface area (Å²) in [6.45, 7) is 5.19. The second-order valence-corrected chi connectivity index (χ2v) is 5.21. The van der Waals surface area contributed by atoms with E-state index in [0.29, 0.717) is 12.6 Å². The van der Waals surface area contributed by atoms with Crippen LogP contribution in [0.3, 0.4) is 0 Å². The highest BCUT2D eigenvalue weighted by molar-refractivity contribution is 5.85. The van der Waals surface area contributed by atoms with E-state index in [4.69, 9.17) is 4.74 Å². The molecule has 0 unspecified atom stereocenters. The molecular weight excluding hydrogens is 288 g/mol. The number of rotatable bonds is 5. The van der Waals surface area contributed by atoms with E-state index in [0.717, 1.165) is 44.5 Å². The van der Waals surface area contributed by atoms with Gasteiger partial charge in [0.05, 0.1) is 0 Å². The van der Waals surface area contributed by atoms with Gasteiger partial charge in [-0.25, -0.2) is 4.79 Å². The van der Waals surface area contributed by atoms with Crippen LogP contribution in [-0.4, -0.2) is 36.7 Å². The number of ether oxygens (including phenoxy) is 1. The molecular formula is C16H25ClN2O2. The summed E-state index contributed by atoms with van der Waals surface area (Å²) >= 11 is 0. The van der Waals surface area contributed by atoms with Crippen LogP contribution in [0.5, 0.6) is 0 Å². The van der Waals surface area contributed by atoms with Gasteiger partial charge >= 0.3 is 6.09 Å². The summed E-state index contributed by atoms with van der Waals surface area (Å²) in [7, 11) is 0. The predicted octanol–water partition coefficient (Wildman–Crippen LogP) is 3.21. The number of amides is 1. The van der Waals surface area contributed by atoms with E-state index in [2.05, 4.69) is 12.2 Å². The van der Waals surface area contributed by atoms with Crippen LogP contribution in [0.2, 0.25) is 0 Å². The molecule has 0 aliphatic carbocycles. The highest BCUT2D eigenvalue weighted by Crippen LogP contribution is 2.14. The number of nitrogens with one attached hydrogen (secondary N) is 1. The van der Waals surface area contributed by atoms with E-state index in [1.807, 2.05) is 35.2 Å². The molecule has 0 saturated carbocycles. The van der Waals surface area contributed by atoms with E-state index in [1.54, 1.807) is 0 Å². The normalized spacial score (nSPS) is 15.1. The minimum atomic E-state index is -0.178. The highest BCUT2D eigenvalue weighted by atomic mass is 35.5. The Morgan fingerprint density at radius 1 is 1.29 bits per heavy atom. The maximum atomic E-state index is 12.3. The third kappa shape index (κ3) is 5.56. The lowest BCUT2D eigenvalue weighted by atomic mass is 10.1. The first-order chi connectivity index (χ1) is 9.81. The lowest BCUT2D eigenvalue weighted by Gasteiger charge is -2.33. The van der Waals surface area contributed by atoms with Gasteiger partial charge in [0.15, 0.2) is 0 Å². The average molecular weight is 313 g/mol. The molecule has 1 N–H and O–H groups in total. The Balaban J connectivity index is 0.00000220. The zero-order valence-electron chi connectivity index (χ0n) is 12.6. The second kappa shape index (κ2) is 9.64. The van der Waals surface area contributed by atoms with Gasteiger partial charge in [0, 0.05) is 12.6 Å². The fourth-order valence-corrected chi connectivity index (χ4v) is 2.58. The Kier molecular flexibility index (Phi) is 8.16. The molecule has 0 aromatic heterocycles. The summed E-state index contributed by atoms with van der Waals surface area (Å²) < 4.78 is 5.46. The van der Waals surface area contributed by atoms with Gasteiger partial charge in [0.2, 0.25) is 0 Å². The highest BCUT2D eigenvalue weighted by Gasteiger charge is 2.25. The van der Waals surface area contributed by atoms with Gasteiger partial charge in [-0.1, -0.05) is 37.3 Å². The number of carbonyl (C=O) groups is 1. The molecule has 0 atom stereocenters. The van der Waals surface area contributed by atoms with Crippen LogP contribution in [-0.2, 0) is 11.3 Å². The van der Waals surface area contributed by atoms with Crippen molar-refractivity contribution in [2.45, 2.75) is 38.8 Å². The molecule has 0 spiro atoms. The quantitative estimate of drug-likeness (QED) is 0.907. The topological polar surface area (TPSA) is 41.6 Å². The number of hydrogen-bond donors (Lipinski definition) is 1. The average Bonchev–Trinajstić information content (AvgIpc) is 2.52. The Morgan fingerprint density at radius 2 is 1.95 bits per heavy atom. The van der Waals surface area contributed by atoms with Crippen LogP contribution < -0.4 is 5.32 Å². The Labute approximate surface area is 133 Å². The van der Waals surface area contributed by atoms with E-state index in [-0.39, 0.29) is 18.5 Å². The van der Waals surface area contributed by atoms with Crippen LogP contribution in [0.25, 0.3) is 0 Å². The van der Waals surface area contributed by atoms with Crippen LogP contribution in [0.4, 0.5) is 4.79 Å². The van der Waals surface area contributed by atoms with Gasteiger partial charge in [0.25, 0.3) is 0 Å². The van der Waals surface area contributed by atoms with Crippen molar-refractivity contribution in [3.63, 3.8) is 0 Å². The number of hydrogen-bond acceptors (Lipinski definition) is 3. The molecule has 21 heavy (non-hydrogen) atoms. The summed E-state index contributed by atoms with van der Waals surface area (Å²) in [6.07, 6.45) is 2.81. The molecule has 0 radical (unpaired) electrons. The van der Waals surface area contributed by atoms with Crippen molar-refractivity contribution in [3.05, 3.63) is 35.9 Å². The summed E-state index contributed by atoms with van der Waals surface area (Å²) in [5, 5.41) is 3.33. The number of piperidine rings is 1. The minimum absolute atomic E-state index is 0. The summed E-state index contributed by atoms with van der Waals surface area (Å²) in [6, 6.07) is 10.1.